The van der Waals surface area contributed by atoms with E-state index in [0.717, 1.165) is 24.5 Å². The average molecular weight is 249 g/mol. The van der Waals surface area contributed by atoms with Crippen molar-refractivity contribution in [1.29, 1.82) is 0 Å². The van der Waals surface area contributed by atoms with Gasteiger partial charge in [-0.15, -0.1) is 0 Å². The molecule has 1 saturated heterocycles. The van der Waals surface area contributed by atoms with Gasteiger partial charge in [0.1, 0.15) is 5.82 Å². The Morgan fingerprint density at radius 1 is 1.50 bits per heavy atom. The highest BCUT2D eigenvalue weighted by Crippen LogP contribution is 2.12. The van der Waals surface area contributed by atoms with Crippen molar-refractivity contribution in [1.82, 2.24) is 20.2 Å². The van der Waals surface area contributed by atoms with E-state index in [9.17, 15) is 4.79 Å². The molecule has 1 atom stereocenters. The van der Waals surface area contributed by atoms with Crippen LogP contribution in [-0.2, 0) is 11.3 Å². The van der Waals surface area contributed by atoms with Gasteiger partial charge < -0.3 is 10.6 Å². The summed E-state index contributed by atoms with van der Waals surface area (Å²) >= 11 is 0. The van der Waals surface area contributed by atoms with Crippen LogP contribution < -0.4 is 10.6 Å². The van der Waals surface area contributed by atoms with Gasteiger partial charge in [-0.3, -0.25) is 14.7 Å². The number of hydrogen-bond donors (Lipinski definition) is 2. The third kappa shape index (κ3) is 2.76. The fourth-order valence-corrected chi connectivity index (χ4v) is 2.17. The van der Waals surface area contributed by atoms with E-state index < -0.39 is 0 Å². The van der Waals surface area contributed by atoms with Gasteiger partial charge in [-0.05, 0) is 6.42 Å². The number of nitrogens with zero attached hydrogens (tertiary/aromatic N) is 3. The molecule has 1 amide bonds. The molecule has 1 aliphatic heterocycles. The molecule has 1 aromatic heterocycles. The minimum absolute atomic E-state index is 0.0514. The number of rotatable bonds is 4. The number of nitrogens with one attached hydrogen (secondary N) is 2. The molecule has 1 fully saturated rings. The second-order valence-electron chi connectivity index (χ2n) is 4.33. The zero-order chi connectivity index (χ0) is 13.0. The molecule has 0 bridgehead atoms. The second-order valence-corrected chi connectivity index (χ2v) is 4.33. The SMILES string of the molecule is CCC1C(=O)NCCN1Cc1cnc(NC)cn1. The lowest BCUT2D eigenvalue weighted by Crippen LogP contribution is -2.54. The second kappa shape index (κ2) is 5.77. The molecule has 6 nitrogen and oxygen atoms in total. The molecular weight excluding hydrogens is 230 g/mol. The fraction of sp³-hybridized carbons (Fsp3) is 0.583. The van der Waals surface area contributed by atoms with E-state index in [1.165, 1.54) is 0 Å². The van der Waals surface area contributed by atoms with E-state index >= 15 is 0 Å². The Hall–Kier alpha value is -1.69. The maximum atomic E-state index is 11.7. The van der Waals surface area contributed by atoms with Gasteiger partial charge in [-0.25, -0.2) is 4.98 Å². The van der Waals surface area contributed by atoms with Gasteiger partial charge in [-0.2, -0.15) is 0 Å². The molecule has 1 aromatic rings. The normalized spacial score (nSPS) is 20.6. The molecule has 2 heterocycles. The van der Waals surface area contributed by atoms with E-state index in [4.69, 9.17) is 0 Å². The van der Waals surface area contributed by atoms with Crippen LogP contribution in [0.3, 0.4) is 0 Å². The first-order valence-electron chi connectivity index (χ1n) is 6.25. The van der Waals surface area contributed by atoms with Crippen molar-refractivity contribution < 1.29 is 4.79 Å². The Kier molecular flexibility index (Phi) is 4.09. The molecular formula is C12H19N5O. The predicted octanol–water partition coefficient (Wildman–Crippen LogP) is 0.229. The highest BCUT2D eigenvalue weighted by atomic mass is 16.2. The Labute approximate surface area is 107 Å². The van der Waals surface area contributed by atoms with Crippen LogP contribution in [0.2, 0.25) is 0 Å². The standard InChI is InChI=1S/C12H19N5O/c1-3-10-12(18)14-4-5-17(10)8-9-6-16-11(13-2)7-15-9/h6-7,10H,3-5,8H2,1-2H3,(H,13,16)(H,14,18). The van der Waals surface area contributed by atoms with Gasteiger partial charge in [-0.1, -0.05) is 6.92 Å². The summed E-state index contributed by atoms with van der Waals surface area (Å²) in [6.45, 7) is 4.26. The van der Waals surface area contributed by atoms with E-state index in [1.807, 2.05) is 14.0 Å². The summed E-state index contributed by atoms with van der Waals surface area (Å²) in [6.07, 6.45) is 4.28. The summed E-state index contributed by atoms with van der Waals surface area (Å²) in [5.41, 5.74) is 0.891. The minimum atomic E-state index is -0.0514. The lowest BCUT2D eigenvalue weighted by Gasteiger charge is -2.34. The summed E-state index contributed by atoms with van der Waals surface area (Å²) in [7, 11) is 1.81. The molecule has 6 heteroatoms. The van der Waals surface area contributed by atoms with Crippen LogP contribution in [0.4, 0.5) is 5.82 Å². The highest BCUT2D eigenvalue weighted by molar-refractivity contribution is 5.82. The van der Waals surface area contributed by atoms with Crippen LogP contribution in [0.5, 0.6) is 0 Å². The lowest BCUT2D eigenvalue weighted by atomic mass is 10.1. The maximum absolute atomic E-state index is 11.7. The third-order valence-corrected chi connectivity index (χ3v) is 3.15. The van der Waals surface area contributed by atoms with Crippen molar-refractivity contribution in [2.45, 2.75) is 25.9 Å². The van der Waals surface area contributed by atoms with Crippen LogP contribution in [0.1, 0.15) is 19.0 Å². The van der Waals surface area contributed by atoms with E-state index in [-0.39, 0.29) is 11.9 Å². The smallest absolute Gasteiger partial charge is 0.237 e. The van der Waals surface area contributed by atoms with Gasteiger partial charge in [0, 0.05) is 26.7 Å². The first-order chi connectivity index (χ1) is 8.74. The lowest BCUT2D eigenvalue weighted by molar-refractivity contribution is -0.129. The zero-order valence-electron chi connectivity index (χ0n) is 10.8. The summed E-state index contributed by atoms with van der Waals surface area (Å²) in [5, 5.41) is 5.82. The molecule has 1 aliphatic rings. The van der Waals surface area contributed by atoms with Gasteiger partial charge in [0.25, 0.3) is 0 Å². The monoisotopic (exact) mass is 249 g/mol. The molecule has 0 saturated carbocycles. The Balaban J connectivity index is 2.04. The van der Waals surface area contributed by atoms with Crippen molar-refractivity contribution in [2.75, 3.05) is 25.5 Å². The summed E-state index contributed by atoms with van der Waals surface area (Å²) in [5.74, 6) is 0.866. The third-order valence-electron chi connectivity index (χ3n) is 3.15. The maximum Gasteiger partial charge on any atom is 0.237 e. The van der Waals surface area contributed by atoms with Gasteiger partial charge >= 0.3 is 0 Å². The summed E-state index contributed by atoms with van der Waals surface area (Å²) in [6, 6.07) is -0.0514. The molecule has 2 rings (SSSR count). The molecule has 0 aliphatic carbocycles. The summed E-state index contributed by atoms with van der Waals surface area (Å²) in [4.78, 5) is 22.5. The van der Waals surface area contributed by atoms with Crippen LogP contribution in [0.15, 0.2) is 12.4 Å². The van der Waals surface area contributed by atoms with Gasteiger partial charge in [0.05, 0.1) is 24.1 Å². The van der Waals surface area contributed by atoms with Crippen LogP contribution in [-0.4, -0.2) is 47.0 Å². The van der Waals surface area contributed by atoms with E-state index in [1.54, 1.807) is 12.4 Å². The van der Waals surface area contributed by atoms with E-state index in [0.29, 0.717) is 13.1 Å². The number of hydrogen-bond acceptors (Lipinski definition) is 5. The van der Waals surface area contributed by atoms with Crippen molar-refractivity contribution in [2.24, 2.45) is 0 Å². The first kappa shape index (κ1) is 12.8. The molecule has 2 N–H and O–H groups in total. The van der Waals surface area contributed by atoms with E-state index in [2.05, 4.69) is 25.5 Å². The highest BCUT2D eigenvalue weighted by Gasteiger charge is 2.28. The number of carbonyl (C=O) groups is 1. The number of aromatic nitrogens is 2. The van der Waals surface area contributed by atoms with Crippen molar-refractivity contribution in [3.05, 3.63) is 18.1 Å². The first-order valence-corrected chi connectivity index (χ1v) is 6.25. The van der Waals surface area contributed by atoms with Crippen LogP contribution in [0, 0.1) is 0 Å². The average Bonchev–Trinajstić information content (AvgIpc) is 2.40. The quantitative estimate of drug-likeness (QED) is 0.799. The van der Waals surface area contributed by atoms with Crippen molar-refractivity contribution >= 4 is 11.7 Å². The fourth-order valence-electron chi connectivity index (χ4n) is 2.17. The van der Waals surface area contributed by atoms with Crippen LogP contribution >= 0.6 is 0 Å². The van der Waals surface area contributed by atoms with Gasteiger partial charge in [0.2, 0.25) is 5.91 Å². The number of piperazine rings is 1. The van der Waals surface area contributed by atoms with Crippen molar-refractivity contribution in [3.8, 4) is 0 Å². The predicted molar refractivity (Wildman–Crippen MR) is 69.1 cm³/mol. The Morgan fingerprint density at radius 3 is 2.94 bits per heavy atom. The molecule has 98 valence electrons. The molecule has 18 heavy (non-hydrogen) atoms. The van der Waals surface area contributed by atoms with Crippen molar-refractivity contribution in [3.63, 3.8) is 0 Å². The number of carbonyl (C=O) groups excluding carboxylic acids is 1. The minimum Gasteiger partial charge on any atom is -0.372 e. The largest absolute Gasteiger partial charge is 0.372 e. The molecule has 1 unspecified atom stereocenters. The van der Waals surface area contributed by atoms with Crippen LogP contribution in [0.25, 0.3) is 0 Å². The zero-order valence-corrected chi connectivity index (χ0v) is 10.8. The molecule has 0 aromatic carbocycles. The summed E-state index contributed by atoms with van der Waals surface area (Å²) < 4.78 is 0. The number of amides is 1. The molecule has 0 radical (unpaired) electrons. The van der Waals surface area contributed by atoms with Gasteiger partial charge in [0.15, 0.2) is 0 Å². The topological polar surface area (TPSA) is 70.2 Å². The molecule has 0 spiro atoms. The Bertz CT molecular complexity index is 405. The Morgan fingerprint density at radius 2 is 2.33 bits per heavy atom. The number of anilines is 1.